The van der Waals surface area contributed by atoms with Crippen LogP contribution in [-0.4, -0.2) is 32.3 Å². The van der Waals surface area contributed by atoms with E-state index in [-0.39, 0.29) is 18.0 Å². The maximum absolute atomic E-state index is 14.5. The van der Waals surface area contributed by atoms with Gasteiger partial charge in [-0.3, -0.25) is 4.79 Å². The zero-order valence-electron chi connectivity index (χ0n) is 19.5. The number of fused-ring (bicyclic) bond motifs is 1. The molecule has 0 saturated heterocycles. The molecule has 0 radical (unpaired) electrons. The van der Waals surface area contributed by atoms with Gasteiger partial charge >= 0.3 is 0 Å². The van der Waals surface area contributed by atoms with Crippen molar-refractivity contribution in [1.29, 1.82) is 0 Å². The molecule has 9 heteroatoms. The van der Waals surface area contributed by atoms with Crippen LogP contribution < -0.4 is 10.1 Å². The fourth-order valence-corrected chi connectivity index (χ4v) is 5.02. The SMILES string of the molecule is CCOc1ccc(-c2nc(CC(=O)Nc3cc(-c4nnc5n4CCCCC5)ccc3F)cs2)cc1. The van der Waals surface area contributed by atoms with Crippen molar-refractivity contribution in [2.24, 2.45) is 0 Å². The lowest BCUT2D eigenvalue weighted by Crippen LogP contribution is -2.15. The van der Waals surface area contributed by atoms with Crippen LogP contribution in [0, 0.1) is 5.82 Å². The summed E-state index contributed by atoms with van der Waals surface area (Å²) in [4.78, 5) is 17.3. The lowest BCUT2D eigenvalue weighted by molar-refractivity contribution is -0.115. The summed E-state index contributed by atoms with van der Waals surface area (Å²) in [6, 6.07) is 12.3. The molecule has 1 N–H and O–H groups in total. The molecule has 1 aliphatic heterocycles. The number of benzene rings is 2. The van der Waals surface area contributed by atoms with Gasteiger partial charge in [0.15, 0.2) is 5.82 Å². The van der Waals surface area contributed by atoms with Crippen molar-refractivity contribution in [1.82, 2.24) is 19.7 Å². The number of hydrogen-bond acceptors (Lipinski definition) is 6. The van der Waals surface area contributed by atoms with E-state index in [0.717, 1.165) is 59.9 Å². The van der Waals surface area contributed by atoms with Gasteiger partial charge in [0.2, 0.25) is 5.91 Å². The van der Waals surface area contributed by atoms with Crippen molar-refractivity contribution in [2.45, 2.75) is 45.6 Å². The van der Waals surface area contributed by atoms with Gasteiger partial charge in [-0.2, -0.15) is 0 Å². The third-order valence-electron chi connectivity index (χ3n) is 5.91. The number of carbonyl (C=O) groups is 1. The number of carbonyl (C=O) groups excluding carboxylic acids is 1. The number of hydrogen-bond donors (Lipinski definition) is 1. The van der Waals surface area contributed by atoms with Gasteiger partial charge in [-0.25, -0.2) is 9.37 Å². The van der Waals surface area contributed by atoms with Crippen LogP contribution in [-0.2, 0) is 24.2 Å². The average molecular weight is 492 g/mol. The van der Waals surface area contributed by atoms with Gasteiger partial charge < -0.3 is 14.6 Å². The fourth-order valence-electron chi connectivity index (χ4n) is 4.20. The molecule has 3 heterocycles. The van der Waals surface area contributed by atoms with Crippen molar-refractivity contribution in [2.75, 3.05) is 11.9 Å². The molecule has 0 unspecified atom stereocenters. The number of amides is 1. The molecule has 1 amide bonds. The molecule has 180 valence electrons. The Morgan fingerprint density at radius 1 is 1.11 bits per heavy atom. The molecule has 4 aromatic rings. The van der Waals surface area contributed by atoms with Gasteiger partial charge in [0.05, 0.1) is 24.4 Å². The van der Waals surface area contributed by atoms with E-state index in [2.05, 4.69) is 25.1 Å². The van der Waals surface area contributed by atoms with Crippen molar-refractivity contribution in [3.8, 4) is 27.7 Å². The predicted octanol–water partition coefficient (Wildman–Crippen LogP) is 5.51. The molecule has 2 aromatic heterocycles. The van der Waals surface area contributed by atoms with E-state index in [1.165, 1.54) is 17.4 Å². The highest BCUT2D eigenvalue weighted by molar-refractivity contribution is 7.13. The number of thiazole rings is 1. The minimum Gasteiger partial charge on any atom is -0.494 e. The first-order chi connectivity index (χ1) is 17.1. The Hall–Kier alpha value is -3.59. The summed E-state index contributed by atoms with van der Waals surface area (Å²) in [7, 11) is 0. The predicted molar refractivity (Wildman–Crippen MR) is 134 cm³/mol. The monoisotopic (exact) mass is 491 g/mol. The first-order valence-corrected chi connectivity index (χ1v) is 12.7. The second-order valence-electron chi connectivity index (χ2n) is 8.42. The lowest BCUT2D eigenvalue weighted by Gasteiger charge is -2.10. The Morgan fingerprint density at radius 3 is 2.77 bits per heavy atom. The molecule has 0 spiro atoms. The number of aromatic nitrogens is 4. The largest absolute Gasteiger partial charge is 0.494 e. The Labute approximate surface area is 207 Å². The highest BCUT2D eigenvalue weighted by Gasteiger charge is 2.18. The lowest BCUT2D eigenvalue weighted by atomic mass is 10.1. The topological polar surface area (TPSA) is 81.9 Å². The number of nitrogens with one attached hydrogen (secondary N) is 1. The van der Waals surface area contributed by atoms with E-state index < -0.39 is 5.82 Å². The second-order valence-corrected chi connectivity index (χ2v) is 9.28. The van der Waals surface area contributed by atoms with Crippen LogP contribution in [0.15, 0.2) is 47.8 Å². The molecule has 0 saturated carbocycles. The van der Waals surface area contributed by atoms with Crippen molar-refractivity contribution in [3.63, 3.8) is 0 Å². The summed E-state index contributed by atoms with van der Waals surface area (Å²) in [6.45, 7) is 3.40. The quantitative estimate of drug-likeness (QED) is 0.368. The summed E-state index contributed by atoms with van der Waals surface area (Å²) >= 11 is 1.46. The summed E-state index contributed by atoms with van der Waals surface area (Å²) in [5.74, 6) is 1.64. The molecule has 0 atom stereocenters. The minimum absolute atomic E-state index is 0.0531. The van der Waals surface area contributed by atoms with Gasteiger partial charge in [-0.05, 0) is 62.2 Å². The van der Waals surface area contributed by atoms with E-state index in [4.69, 9.17) is 4.74 Å². The number of aryl methyl sites for hydroxylation is 1. The summed E-state index contributed by atoms with van der Waals surface area (Å²) in [5.41, 5.74) is 2.45. The third kappa shape index (κ3) is 5.24. The van der Waals surface area contributed by atoms with Crippen LogP contribution in [0.4, 0.5) is 10.1 Å². The third-order valence-corrected chi connectivity index (χ3v) is 6.85. The number of anilines is 1. The normalized spacial score (nSPS) is 13.2. The molecule has 1 aliphatic rings. The van der Waals surface area contributed by atoms with Crippen LogP contribution >= 0.6 is 11.3 Å². The molecular weight excluding hydrogens is 465 g/mol. The molecule has 0 bridgehead atoms. The highest BCUT2D eigenvalue weighted by Crippen LogP contribution is 2.28. The molecule has 2 aromatic carbocycles. The standard InChI is InChI=1S/C26H26FN5O2S/c1-2-34-20-10-7-17(8-11-20)26-28-19(16-35-26)15-24(33)29-22-14-18(9-12-21(22)27)25-31-30-23-6-4-3-5-13-32(23)25/h7-12,14,16H,2-6,13,15H2,1H3,(H,29,33). The van der Waals surface area contributed by atoms with Crippen molar-refractivity contribution < 1.29 is 13.9 Å². The highest BCUT2D eigenvalue weighted by atomic mass is 32.1. The second kappa shape index (κ2) is 10.4. The van der Waals surface area contributed by atoms with Crippen LogP contribution in [0.5, 0.6) is 5.75 Å². The first-order valence-electron chi connectivity index (χ1n) is 11.8. The van der Waals surface area contributed by atoms with Gasteiger partial charge in [-0.15, -0.1) is 21.5 Å². The minimum atomic E-state index is -0.494. The Bertz CT molecular complexity index is 1330. The van der Waals surface area contributed by atoms with Crippen LogP contribution in [0.25, 0.3) is 22.0 Å². The van der Waals surface area contributed by atoms with E-state index in [1.807, 2.05) is 36.6 Å². The number of rotatable bonds is 7. The Kier molecular flexibility index (Phi) is 6.85. The van der Waals surface area contributed by atoms with Gasteiger partial charge in [0.1, 0.15) is 22.4 Å². The van der Waals surface area contributed by atoms with E-state index >= 15 is 0 Å². The molecule has 0 aliphatic carbocycles. The summed E-state index contributed by atoms with van der Waals surface area (Å²) in [5, 5.41) is 14.0. The maximum atomic E-state index is 14.5. The van der Waals surface area contributed by atoms with E-state index in [0.29, 0.717) is 18.1 Å². The molecule has 0 fully saturated rings. The Balaban J connectivity index is 1.28. The van der Waals surface area contributed by atoms with E-state index in [1.54, 1.807) is 12.1 Å². The molecular formula is C26H26FN5O2S. The van der Waals surface area contributed by atoms with Gasteiger partial charge in [0.25, 0.3) is 0 Å². The number of ether oxygens (including phenoxy) is 1. The zero-order valence-corrected chi connectivity index (χ0v) is 20.3. The maximum Gasteiger partial charge on any atom is 0.230 e. The van der Waals surface area contributed by atoms with Crippen LogP contribution in [0.2, 0.25) is 0 Å². The fraction of sp³-hybridized carbons (Fsp3) is 0.308. The smallest absolute Gasteiger partial charge is 0.230 e. The molecule has 7 nitrogen and oxygen atoms in total. The zero-order chi connectivity index (χ0) is 24.2. The van der Waals surface area contributed by atoms with Gasteiger partial charge in [0, 0.05) is 29.5 Å². The molecule has 5 rings (SSSR count). The Morgan fingerprint density at radius 2 is 1.94 bits per heavy atom. The number of nitrogens with zero attached hydrogens (tertiary/aromatic N) is 4. The number of halogens is 1. The van der Waals surface area contributed by atoms with E-state index in [9.17, 15) is 9.18 Å². The van der Waals surface area contributed by atoms with Crippen molar-refractivity contribution in [3.05, 3.63) is 65.2 Å². The van der Waals surface area contributed by atoms with Crippen LogP contribution in [0.1, 0.15) is 37.7 Å². The first kappa shape index (κ1) is 23.2. The van der Waals surface area contributed by atoms with Gasteiger partial charge in [-0.1, -0.05) is 6.42 Å². The van der Waals surface area contributed by atoms with Crippen LogP contribution in [0.3, 0.4) is 0 Å². The summed E-state index contributed by atoms with van der Waals surface area (Å²) in [6.07, 6.45) is 4.26. The summed E-state index contributed by atoms with van der Waals surface area (Å²) < 4.78 is 22.1. The molecule has 35 heavy (non-hydrogen) atoms. The average Bonchev–Trinajstić information content (AvgIpc) is 3.42. The van der Waals surface area contributed by atoms with Crippen molar-refractivity contribution >= 4 is 22.9 Å².